The van der Waals surface area contributed by atoms with Crippen molar-refractivity contribution in [2.75, 3.05) is 0 Å². The topological polar surface area (TPSA) is 71.4 Å². The summed E-state index contributed by atoms with van der Waals surface area (Å²) >= 11 is 0. The quantitative estimate of drug-likeness (QED) is 0.581. The lowest BCUT2D eigenvalue weighted by Gasteiger charge is -2.12. The lowest BCUT2D eigenvalue weighted by Crippen LogP contribution is -2.03. The number of hydrogen-bond donors (Lipinski definition) is 0. The van der Waals surface area contributed by atoms with Crippen molar-refractivity contribution in [2.24, 2.45) is 5.92 Å². The second kappa shape index (κ2) is 5.05. The van der Waals surface area contributed by atoms with Crippen LogP contribution in [0.3, 0.4) is 0 Å². The molecule has 3 heteroatoms. The van der Waals surface area contributed by atoms with Crippen LogP contribution in [0.1, 0.15) is 32.1 Å². The summed E-state index contributed by atoms with van der Waals surface area (Å²) in [4.78, 5) is 0. The Morgan fingerprint density at radius 1 is 0.929 bits per heavy atom. The normalized spacial score (nSPS) is 27.6. The van der Waals surface area contributed by atoms with Gasteiger partial charge < -0.3 is 0 Å². The Hall–Kier alpha value is -1.79. The van der Waals surface area contributed by atoms with Crippen molar-refractivity contribution < 1.29 is 0 Å². The van der Waals surface area contributed by atoms with Crippen LogP contribution in [0.4, 0.5) is 0 Å². The van der Waals surface area contributed by atoms with Gasteiger partial charge in [0.15, 0.2) is 0 Å². The molecular formula is C11H11N3. The molecule has 0 aliphatic heterocycles. The molecule has 1 unspecified atom stereocenters. The van der Waals surface area contributed by atoms with Crippen molar-refractivity contribution >= 4 is 0 Å². The van der Waals surface area contributed by atoms with E-state index >= 15 is 0 Å². The average Bonchev–Trinajstić information content (AvgIpc) is 2.19. The van der Waals surface area contributed by atoms with Crippen LogP contribution < -0.4 is 0 Å². The first-order chi connectivity index (χ1) is 6.81. The molecule has 1 aliphatic rings. The molecule has 0 heterocycles. The molecule has 1 aliphatic carbocycles. The van der Waals surface area contributed by atoms with Gasteiger partial charge in [0.25, 0.3) is 0 Å². The molecule has 70 valence electrons. The fourth-order valence-electron chi connectivity index (χ4n) is 1.67. The van der Waals surface area contributed by atoms with E-state index in [1.165, 1.54) is 0 Å². The summed E-state index contributed by atoms with van der Waals surface area (Å²) in [5, 5.41) is 26.4. The summed E-state index contributed by atoms with van der Waals surface area (Å²) in [6.07, 6.45) is 3.63. The summed E-state index contributed by atoms with van der Waals surface area (Å²) in [7, 11) is 0. The van der Waals surface area contributed by atoms with Crippen molar-refractivity contribution in [2.45, 2.75) is 32.1 Å². The molecule has 3 nitrogen and oxygen atoms in total. The molecule has 0 aromatic heterocycles. The largest absolute Gasteiger partial charge is 0.198 e. The van der Waals surface area contributed by atoms with Crippen LogP contribution in [0, 0.1) is 39.9 Å². The molecule has 0 saturated heterocycles. The smallest absolute Gasteiger partial charge is 0.0957 e. The number of rotatable bonds is 0. The van der Waals surface area contributed by atoms with Crippen LogP contribution in [-0.4, -0.2) is 0 Å². The van der Waals surface area contributed by atoms with Gasteiger partial charge in [0.05, 0.1) is 18.2 Å². The molecule has 0 N–H and O–H groups in total. The fourth-order valence-corrected chi connectivity index (χ4v) is 1.67. The minimum Gasteiger partial charge on any atom is -0.198 e. The van der Waals surface area contributed by atoms with Crippen LogP contribution in [0.15, 0.2) is 11.1 Å². The van der Waals surface area contributed by atoms with E-state index < -0.39 is 0 Å². The van der Waals surface area contributed by atoms with Gasteiger partial charge in [0, 0.05) is 17.1 Å². The van der Waals surface area contributed by atoms with E-state index in [1.54, 1.807) is 0 Å². The lowest BCUT2D eigenvalue weighted by atomic mass is 9.89. The maximum absolute atomic E-state index is 8.83. The zero-order valence-corrected chi connectivity index (χ0v) is 7.95. The third-order valence-corrected chi connectivity index (χ3v) is 2.54. The van der Waals surface area contributed by atoms with E-state index in [0.29, 0.717) is 30.4 Å². The van der Waals surface area contributed by atoms with Gasteiger partial charge in [0.2, 0.25) is 0 Å². The first-order valence-corrected chi connectivity index (χ1v) is 4.73. The average molecular weight is 185 g/mol. The summed E-state index contributed by atoms with van der Waals surface area (Å²) < 4.78 is 0. The molecule has 0 spiro atoms. The van der Waals surface area contributed by atoms with Crippen molar-refractivity contribution in [1.82, 2.24) is 0 Å². The molecule has 0 radical (unpaired) electrons. The maximum atomic E-state index is 8.83. The summed E-state index contributed by atoms with van der Waals surface area (Å²) in [6, 6.07) is 6.38. The van der Waals surface area contributed by atoms with Crippen LogP contribution in [-0.2, 0) is 0 Å². The molecule has 1 rings (SSSR count). The summed E-state index contributed by atoms with van der Waals surface area (Å²) in [5.74, 6) is 0.0543. The van der Waals surface area contributed by atoms with Gasteiger partial charge in [-0.15, -0.1) is 0 Å². The Balaban J connectivity index is 2.82. The van der Waals surface area contributed by atoms with E-state index in [1.807, 2.05) is 0 Å². The van der Waals surface area contributed by atoms with E-state index in [-0.39, 0.29) is 5.92 Å². The minimum atomic E-state index is 0.0543. The van der Waals surface area contributed by atoms with Crippen LogP contribution >= 0.6 is 0 Å². The van der Waals surface area contributed by atoms with Gasteiger partial charge in [-0.3, -0.25) is 0 Å². The summed E-state index contributed by atoms with van der Waals surface area (Å²) in [5.41, 5.74) is 1.19. The monoisotopic (exact) mass is 185 g/mol. The lowest BCUT2D eigenvalue weighted by molar-refractivity contribution is 0.521. The van der Waals surface area contributed by atoms with Crippen LogP contribution in [0.2, 0.25) is 0 Å². The standard InChI is InChI=1S/C11H11N3/c12-6-9-2-1-3-10(7-13)11(8-14)5-4-9/h9H,1-5H2/b11-10-. The first-order valence-electron chi connectivity index (χ1n) is 4.73. The Labute approximate surface area is 83.9 Å². The second-order valence-electron chi connectivity index (χ2n) is 3.44. The first kappa shape index (κ1) is 10.3. The predicted molar refractivity (Wildman–Crippen MR) is 50.4 cm³/mol. The number of hydrogen-bond acceptors (Lipinski definition) is 3. The number of nitrogens with zero attached hydrogens (tertiary/aromatic N) is 3. The highest BCUT2D eigenvalue weighted by atomic mass is 14.3. The molecule has 1 atom stereocenters. The van der Waals surface area contributed by atoms with E-state index in [2.05, 4.69) is 18.2 Å². The Bertz CT molecular complexity index is 359. The van der Waals surface area contributed by atoms with Crippen molar-refractivity contribution in [3.8, 4) is 18.2 Å². The Morgan fingerprint density at radius 2 is 1.57 bits per heavy atom. The van der Waals surface area contributed by atoms with Gasteiger partial charge in [-0.25, -0.2) is 0 Å². The van der Waals surface area contributed by atoms with Gasteiger partial charge in [-0.05, 0) is 32.1 Å². The van der Waals surface area contributed by atoms with E-state index in [4.69, 9.17) is 15.8 Å². The summed E-state index contributed by atoms with van der Waals surface area (Å²) in [6.45, 7) is 0. The molecular weight excluding hydrogens is 174 g/mol. The maximum Gasteiger partial charge on any atom is 0.0957 e. The molecule has 0 bridgehead atoms. The van der Waals surface area contributed by atoms with Crippen molar-refractivity contribution in [3.63, 3.8) is 0 Å². The third kappa shape index (κ3) is 2.35. The van der Waals surface area contributed by atoms with Gasteiger partial charge in [-0.1, -0.05) is 0 Å². The Morgan fingerprint density at radius 3 is 2.14 bits per heavy atom. The van der Waals surface area contributed by atoms with Gasteiger partial charge in [-0.2, -0.15) is 15.8 Å². The molecule has 0 aromatic rings. The molecule has 0 amide bonds. The number of allylic oxidation sites excluding steroid dienone is 2. The van der Waals surface area contributed by atoms with E-state index in [9.17, 15) is 0 Å². The highest BCUT2D eigenvalue weighted by molar-refractivity contribution is 5.37. The van der Waals surface area contributed by atoms with Crippen LogP contribution in [0.5, 0.6) is 0 Å². The van der Waals surface area contributed by atoms with Crippen LogP contribution in [0.25, 0.3) is 0 Å². The predicted octanol–water partition coefficient (Wildman–Crippen LogP) is 2.43. The van der Waals surface area contributed by atoms with Gasteiger partial charge >= 0.3 is 0 Å². The highest BCUT2D eigenvalue weighted by Crippen LogP contribution is 2.25. The second-order valence-corrected chi connectivity index (χ2v) is 3.44. The third-order valence-electron chi connectivity index (χ3n) is 2.54. The molecule has 0 saturated carbocycles. The molecule has 0 aromatic carbocycles. The zero-order chi connectivity index (χ0) is 10.4. The zero-order valence-electron chi connectivity index (χ0n) is 7.95. The molecule has 14 heavy (non-hydrogen) atoms. The van der Waals surface area contributed by atoms with Gasteiger partial charge in [0.1, 0.15) is 0 Å². The number of nitriles is 3. The van der Waals surface area contributed by atoms with Crippen molar-refractivity contribution in [1.29, 1.82) is 15.8 Å². The SMILES string of the molecule is N#C/C1=C(\C#N)CCC(C#N)CCC1. The Kier molecular flexibility index (Phi) is 3.71. The highest BCUT2D eigenvalue weighted by Gasteiger charge is 2.15. The fraction of sp³-hybridized carbons (Fsp3) is 0.545. The minimum absolute atomic E-state index is 0.0543. The molecule has 0 fully saturated rings. The van der Waals surface area contributed by atoms with Crippen molar-refractivity contribution in [3.05, 3.63) is 11.1 Å². The van der Waals surface area contributed by atoms with E-state index in [0.717, 1.165) is 12.8 Å².